The average molecular weight is 434 g/mol. The Balaban J connectivity index is 3.35. The highest BCUT2D eigenvalue weighted by Crippen LogP contribution is 2.30. The number of alkyl carbamates (subject to hydrolysis) is 1. The summed E-state index contributed by atoms with van der Waals surface area (Å²) in [6.07, 6.45) is -0.683. The molecule has 0 aliphatic rings. The van der Waals surface area contributed by atoms with Crippen LogP contribution in [-0.4, -0.2) is 45.5 Å². The highest BCUT2D eigenvalue weighted by atomic mass is 16.6. The second-order valence-corrected chi connectivity index (χ2v) is 10.8. The normalized spacial score (nSPS) is 14.3. The second kappa shape index (κ2) is 9.71. The largest absolute Gasteiger partial charge is 0.444 e. The van der Waals surface area contributed by atoms with E-state index in [1.165, 1.54) is 4.90 Å². The number of carbonyl (C=O) groups is 3. The van der Waals surface area contributed by atoms with Gasteiger partial charge in [0.1, 0.15) is 17.7 Å². The summed E-state index contributed by atoms with van der Waals surface area (Å²) in [5, 5.41) is 5.59. The number of amides is 3. The molecule has 2 unspecified atom stereocenters. The van der Waals surface area contributed by atoms with Crippen molar-refractivity contribution in [3.63, 3.8) is 0 Å². The van der Waals surface area contributed by atoms with Gasteiger partial charge in [-0.15, -0.1) is 0 Å². The first-order valence-electron chi connectivity index (χ1n) is 10.6. The SMILES string of the molecule is CC(NC(=O)OC(C)(C)C)C(=O)N(C(C(=O)NC(C)(C)C)c1ccccc1)C(C)(C)C. The van der Waals surface area contributed by atoms with Crippen molar-refractivity contribution < 1.29 is 19.1 Å². The van der Waals surface area contributed by atoms with Gasteiger partial charge in [-0.3, -0.25) is 9.59 Å². The van der Waals surface area contributed by atoms with Crippen LogP contribution < -0.4 is 10.6 Å². The summed E-state index contributed by atoms with van der Waals surface area (Å²) in [4.78, 5) is 40.7. The standard InChI is InChI=1S/C24H39N3O4/c1-16(25-21(30)31-24(8,9)10)20(29)27(23(5,6)7)18(17-14-12-11-13-15-17)19(28)26-22(2,3)4/h11-16,18H,1-10H3,(H,25,30)(H,26,28). The summed E-state index contributed by atoms with van der Waals surface area (Å²) >= 11 is 0. The fourth-order valence-electron chi connectivity index (χ4n) is 3.09. The topological polar surface area (TPSA) is 87.7 Å². The van der Waals surface area contributed by atoms with Crippen LogP contribution in [-0.2, 0) is 14.3 Å². The molecule has 0 saturated carbocycles. The maximum absolute atomic E-state index is 13.6. The van der Waals surface area contributed by atoms with E-state index < -0.39 is 34.9 Å². The molecule has 31 heavy (non-hydrogen) atoms. The summed E-state index contributed by atoms with van der Waals surface area (Å²) in [5.41, 5.74) is -1.17. The molecule has 0 radical (unpaired) electrons. The molecule has 0 spiro atoms. The van der Waals surface area contributed by atoms with Gasteiger partial charge in [-0.1, -0.05) is 30.3 Å². The molecule has 2 atom stereocenters. The van der Waals surface area contributed by atoms with Crippen LogP contribution in [0.4, 0.5) is 4.79 Å². The number of rotatable bonds is 5. The Morgan fingerprint density at radius 3 is 1.84 bits per heavy atom. The molecule has 0 bridgehead atoms. The van der Waals surface area contributed by atoms with Gasteiger partial charge in [0.25, 0.3) is 0 Å². The first-order valence-corrected chi connectivity index (χ1v) is 10.6. The zero-order valence-electron chi connectivity index (χ0n) is 20.6. The maximum atomic E-state index is 13.6. The predicted octanol–water partition coefficient (Wildman–Crippen LogP) is 4.18. The van der Waals surface area contributed by atoms with Gasteiger partial charge < -0.3 is 20.3 Å². The third-order valence-electron chi connectivity index (χ3n) is 4.18. The number of hydrogen-bond donors (Lipinski definition) is 2. The lowest BCUT2D eigenvalue weighted by Gasteiger charge is -2.43. The van der Waals surface area contributed by atoms with Gasteiger partial charge in [-0.25, -0.2) is 4.79 Å². The van der Waals surface area contributed by atoms with Gasteiger partial charge in [-0.05, 0) is 74.8 Å². The minimum atomic E-state index is -0.886. The van der Waals surface area contributed by atoms with Crippen molar-refractivity contribution in [2.75, 3.05) is 0 Å². The lowest BCUT2D eigenvalue weighted by atomic mass is 9.95. The average Bonchev–Trinajstić information content (AvgIpc) is 2.55. The van der Waals surface area contributed by atoms with E-state index in [1.54, 1.807) is 27.7 Å². The van der Waals surface area contributed by atoms with Gasteiger partial charge in [0.05, 0.1) is 0 Å². The van der Waals surface area contributed by atoms with Crippen molar-refractivity contribution in [1.82, 2.24) is 15.5 Å². The summed E-state index contributed by atoms with van der Waals surface area (Å²) in [7, 11) is 0. The fraction of sp³-hybridized carbons (Fsp3) is 0.625. The molecule has 174 valence electrons. The van der Waals surface area contributed by atoms with Crippen LogP contribution in [0.25, 0.3) is 0 Å². The fourth-order valence-corrected chi connectivity index (χ4v) is 3.09. The molecule has 0 aromatic heterocycles. The van der Waals surface area contributed by atoms with E-state index in [4.69, 9.17) is 4.74 Å². The molecule has 0 fully saturated rings. The highest BCUT2D eigenvalue weighted by molar-refractivity contribution is 5.92. The van der Waals surface area contributed by atoms with E-state index >= 15 is 0 Å². The van der Waals surface area contributed by atoms with Crippen molar-refractivity contribution in [3.05, 3.63) is 35.9 Å². The quantitative estimate of drug-likeness (QED) is 0.729. The van der Waals surface area contributed by atoms with Crippen molar-refractivity contribution in [1.29, 1.82) is 0 Å². The molecule has 3 amide bonds. The Kier molecular flexibility index (Phi) is 8.29. The molecule has 1 aromatic rings. The molecular formula is C24H39N3O4. The lowest BCUT2D eigenvalue weighted by molar-refractivity contribution is -0.148. The Labute approximate surface area is 186 Å². The number of hydrogen-bond acceptors (Lipinski definition) is 4. The number of nitrogens with one attached hydrogen (secondary N) is 2. The second-order valence-electron chi connectivity index (χ2n) is 10.8. The van der Waals surface area contributed by atoms with Crippen LogP contribution in [0.15, 0.2) is 30.3 Å². The van der Waals surface area contributed by atoms with E-state index in [1.807, 2.05) is 71.9 Å². The van der Waals surface area contributed by atoms with Crippen LogP contribution >= 0.6 is 0 Å². The number of carbonyl (C=O) groups excluding carboxylic acids is 3. The van der Waals surface area contributed by atoms with Crippen LogP contribution in [0, 0.1) is 0 Å². The van der Waals surface area contributed by atoms with E-state index in [9.17, 15) is 14.4 Å². The van der Waals surface area contributed by atoms with Crippen LogP contribution in [0.5, 0.6) is 0 Å². The van der Waals surface area contributed by atoms with Gasteiger partial charge in [0.2, 0.25) is 11.8 Å². The predicted molar refractivity (Wildman–Crippen MR) is 123 cm³/mol. The monoisotopic (exact) mass is 433 g/mol. The third-order valence-corrected chi connectivity index (χ3v) is 4.18. The minimum absolute atomic E-state index is 0.286. The molecule has 1 aromatic carbocycles. The molecular weight excluding hydrogens is 394 g/mol. The van der Waals surface area contributed by atoms with Crippen molar-refractivity contribution in [2.45, 2.75) is 98.0 Å². The van der Waals surface area contributed by atoms with Crippen LogP contribution in [0.3, 0.4) is 0 Å². The van der Waals surface area contributed by atoms with Gasteiger partial charge in [-0.2, -0.15) is 0 Å². The smallest absolute Gasteiger partial charge is 0.408 e. The summed E-state index contributed by atoms with van der Waals surface area (Å²) in [6, 6.07) is 7.42. The number of ether oxygens (including phenoxy) is 1. The molecule has 7 nitrogen and oxygen atoms in total. The lowest BCUT2D eigenvalue weighted by Crippen LogP contribution is -2.59. The van der Waals surface area contributed by atoms with E-state index in [2.05, 4.69) is 10.6 Å². The van der Waals surface area contributed by atoms with E-state index in [-0.39, 0.29) is 11.8 Å². The first kappa shape index (κ1) is 26.5. The van der Waals surface area contributed by atoms with Crippen LogP contribution in [0.2, 0.25) is 0 Å². The summed E-state index contributed by atoms with van der Waals surface area (Å²) in [6.45, 7) is 18.1. The van der Waals surface area contributed by atoms with Gasteiger partial charge in [0, 0.05) is 11.1 Å². The van der Waals surface area contributed by atoms with Crippen LogP contribution in [0.1, 0.15) is 80.8 Å². The highest BCUT2D eigenvalue weighted by Gasteiger charge is 2.41. The zero-order chi connectivity index (χ0) is 24.2. The first-order chi connectivity index (χ1) is 13.9. The van der Waals surface area contributed by atoms with Crippen molar-refractivity contribution >= 4 is 17.9 Å². The molecule has 0 aliphatic carbocycles. The molecule has 1 rings (SSSR count). The van der Waals surface area contributed by atoms with Gasteiger partial charge >= 0.3 is 6.09 Å². The molecule has 0 heterocycles. The Bertz CT molecular complexity index is 771. The van der Waals surface area contributed by atoms with E-state index in [0.29, 0.717) is 5.56 Å². The number of nitrogens with zero attached hydrogens (tertiary/aromatic N) is 1. The van der Waals surface area contributed by atoms with E-state index in [0.717, 1.165) is 0 Å². The third kappa shape index (κ3) is 8.59. The van der Waals surface area contributed by atoms with Crippen molar-refractivity contribution in [3.8, 4) is 0 Å². The Hall–Kier alpha value is -2.57. The Morgan fingerprint density at radius 1 is 0.903 bits per heavy atom. The molecule has 2 N–H and O–H groups in total. The summed E-state index contributed by atoms with van der Waals surface area (Å²) < 4.78 is 5.28. The molecule has 0 aliphatic heterocycles. The number of benzene rings is 1. The summed E-state index contributed by atoms with van der Waals surface area (Å²) in [5.74, 6) is -0.664. The van der Waals surface area contributed by atoms with Gasteiger partial charge in [0.15, 0.2) is 0 Å². The zero-order valence-corrected chi connectivity index (χ0v) is 20.6. The molecule has 7 heteroatoms. The van der Waals surface area contributed by atoms with Crippen molar-refractivity contribution in [2.24, 2.45) is 0 Å². The Morgan fingerprint density at radius 2 is 1.42 bits per heavy atom. The molecule has 0 saturated heterocycles. The maximum Gasteiger partial charge on any atom is 0.408 e. The minimum Gasteiger partial charge on any atom is -0.444 e.